The Labute approximate surface area is 173 Å². The van der Waals surface area contributed by atoms with Gasteiger partial charge in [0.25, 0.3) is 5.56 Å². The lowest BCUT2D eigenvalue weighted by Gasteiger charge is -2.15. The zero-order chi connectivity index (χ0) is 21.1. The van der Waals surface area contributed by atoms with Crippen molar-refractivity contribution in [2.75, 3.05) is 6.61 Å². The first-order chi connectivity index (χ1) is 14.6. The Balaban J connectivity index is 1.45. The Bertz CT molecular complexity index is 1200. The topological polar surface area (TPSA) is 97.2 Å². The van der Waals surface area contributed by atoms with Gasteiger partial charge in [-0.2, -0.15) is 5.26 Å². The molecule has 7 nitrogen and oxygen atoms in total. The number of hydrogen-bond donors (Lipinski definition) is 1. The molecule has 2 heterocycles. The number of aliphatic hydroxyl groups is 1. The number of rotatable bonds is 6. The van der Waals surface area contributed by atoms with Crippen LogP contribution in [0.25, 0.3) is 11.1 Å². The normalized spacial score (nSPS) is 13.5. The molecule has 1 aliphatic heterocycles. The van der Waals surface area contributed by atoms with Gasteiger partial charge in [0.2, 0.25) is 0 Å². The van der Waals surface area contributed by atoms with Gasteiger partial charge in [-0.05, 0) is 36.1 Å². The minimum Gasteiger partial charge on any atom is -0.491 e. The van der Waals surface area contributed by atoms with Crippen LogP contribution in [0, 0.1) is 11.3 Å². The summed E-state index contributed by atoms with van der Waals surface area (Å²) in [5.74, 6) is 0.574. The van der Waals surface area contributed by atoms with E-state index in [9.17, 15) is 20.0 Å². The highest BCUT2D eigenvalue weighted by atomic mass is 16.5. The highest BCUT2D eigenvalue weighted by Gasteiger charge is 2.23. The van der Waals surface area contributed by atoms with E-state index in [1.165, 1.54) is 4.57 Å². The number of nitriles is 1. The zero-order valence-corrected chi connectivity index (χ0v) is 16.3. The van der Waals surface area contributed by atoms with Crippen LogP contribution >= 0.6 is 0 Å². The lowest BCUT2D eigenvalue weighted by molar-refractivity contribution is 0.0900. The van der Waals surface area contributed by atoms with Gasteiger partial charge in [-0.3, -0.25) is 13.9 Å². The molecule has 1 unspecified atom stereocenters. The van der Waals surface area contributed by atoms with E-state index in [-0.39, 0.29) is 18.7 Å². The molecule has 3 aromatic rings. The van der Waals surface area contributed by atoms with E-state index >= 15 is 0 Å². The minimum atomic E-state index is -1.07. The molecule has 1 aliphatic rings. The number of benzene rings is 2. The summed E-state index contributed by atoms with van der Waals surface area (Å²) < 4.78 is 8.01. The third-order valence-corrected chi connectivity index (χ3v) is 5.24. The van der Waals surface area contributed by atoms with Crippen LogP contribution in [0.3, 0.4) is 0 Å². The molecule has 1 atom stereocenters. The summed E-state index contributed by atoms with van der Waals surface area (Å²) in [4.78, 5) is 25.1. The van der Waals surface area contributed by atoms with Crippen LogP contribution < -0.4 is 16.0 Å². The lowest BCUT2D eigenvalue weighted by atomic mass is 10.1. The standard InChI is InChI=1S/C23H21N3O4/c24-13-20-21-7-4-12-25(21)23(29)26(22(20)28)14-18(27)15-30-19-10-8-17(9-11-19)16-5-2-1-3-6-16/h1-3,5-6,8-11,18,27H,4,7,12,14-15H2. The first kappa shape index (κ1) is 19.7. The number of fused-ring (bicyclic) bond motifs is 1. The second kappa shape index (κ2) is 8.39. The average Bonchev–Trinajstić information content (AvgIpc) is 3.26. The van der Waals surface area contributed by atoms with Crippen LogP contribution in [0.5, 0.6) is 5.75 Å². The van der Waals surface area contributed by atoms with Gasteiger partial charge in [0.1, 0.15) is 30.1 Å². The molecule has 152 valence electrons. The Morgan fingerprint density at radius 3 is 2.47 bits per heavy atom. The molecule has 0 fully saturated rings. The van der Waals surface area contributed by atoms with Crippen LogP contribution in [0.2, 0.25) is 0 Å². The summed E-state index contributed by atoms with van der Waals surface area (Å²) in [5.41, 5.74) is 1.48. The summed E-state index contributed by atoms with van der Waals surface area (Å²) in [5, 5.41) is 19.7. The van der Waals surface area contributed by atoms with Gasteiger partial charge < -0.3 is 9.84 Å². The molecule has 4 rings (SSSR count). The zero-order valence-electron chi connectivity index (χ0n) is 16.3. The monoisotopic (exact) mass is 403 g/mol. The number of ether oxygens (including phenoxy) is 1. The number of nitrogens with zero attached hydrogens (tertiary/aromatic N) is 3. The highest BCUT2D eigenvalue weighted by molar-refractivity contribution is 5.63. The highest BCUT2D eigenvalue weighted by Crippen LogP contribution is 2.22. The largest absolute Gasteiger partial charge is 0.491 e. The molecule has 0 amide bonds. The minimum absolute atomic E-state index is 0.0169. The van der Waals surface area contributed by atoms with Crippen molar-refractivity contribution in [2.45, 2.75) is 32.0 Å². The van der Waals surface area contributed by atoms with Crippen molar-refractivity contribution in [3.63, 3.8) is 0 Å². The quantitative estimate of drug-likeness (QED) is 0.678. The summed E-state index contributed by atoms with van der Waals surface area (Å²) in [6.07, 6.45) is 0.187. The Hall–Kier alpha value is -3.63. The SMILES string of the molecule is N#Cc1c2n(c(=O)n(CC(O)COc3ccc(-c4ccccc4)cc3)c1=O)CCC2. The Morgan fingerprint density at radius 2 is 1.77 bits per heavy atom. The average molecular weight is 403 g/mol. The molecule has 7 heteroatoms. The molecule has 0 aliphatic carbocycles. The Morgan fingerprint density at radius 1 is 1.07 bits per heavy atom. The van der Waals surface area contributed by atoms with Crippen LogP contribution in [0.4, 0.5) is 0 Å². The molecule has 0 radical (unpaired) electrons. The molecule has 1 aromatic heterocycles. The maximum absolute atomic E-state index is 12.6. The van der Waals surface area contributed by atoms with E-state index in [2.05, 4.69) is 0 Å². The summed E-state index contributed by atoms with van der Waals surface area (Å²) in [6.45, 7) is 0.165. The summed E-state index contributed by atoms with van der Waals surface area (Å²) in [6, 6.07) is 19.3. The van der Waals surface area contributed by atoms with Gasteiger partial charge in [0.05, 0.1) is 6.54 Å². The van der Waals surface area contributed by atoms with Crippen LogP contribution in [-0.2, 0) is 19.5 Å². The maximum atomic E-state index is 12.6. The second-order valence-electron chi connectivity index (χ2n) is 7.24. The smallest absolute Gasteiger partial charge is 0.331 e. The maximum Gasteiger partial charge on any atom is 0.331 e. The predicted molar refractivity (Wildman–Crippen MR) is 111 cm³/mol. The fraction of sp³-hybridized carbons (Fsp3) is 0.261. The Kier molecular flexibility index (Phi) is 5.50. The van der Waals surface area contributed by atoms with E-state index in [1.54, 1.807) is 12.1 Å². The van der Waals surface area contributed by atoms with E-state index < -0.39 is 17.4 Å². The lowest BCUT2D eigenvalue weighted by Crippen LogP contribution is -2.44. The number of hydrogen-bond acceptors (Lipinski definition) is 5. The molecule has 1 N–H and O–H groups in total. The molecular weight excluding hydrogens is 382 g/mol. The molecular formula is C23H21N3O4. The molecule has 2 aromatic carbocycles. The van der Waals surface area contributed by atoms with Crippen molar-refractivity contribution in [1.29, 1.82) is 5.26 Å². The van der Waals surface area contributed by atoms with Crippen molar-refractivity contribution in [3.05, 3.63) is 86.7 Å². The van der Waals surface area contributed by atoms with Gasteiger partial charge in [0, 0.05) is 12.2 Å². The molecule has 0 bridgehead atoms. The van der Waals surface area contributed by atoms with Gasteiger partial charge in [-0.15, -0.1) is 0 Å². The van der Waals surface area contributed by atoms with Gasteiger partial charge >= 0.3 is 5.69 Å². The number of aliphatic hydroxyl groups excluding tert-OH is 1. The van der Waals surface area contributed by atoms with Gasteiger partial charge in [0.15, 0.2) is 0 Å². The number of aromatic nitrogens is 2. The van der Waals surface area contributed by atoms with E-state index in [1.807, 2.05) is 48.5 Å². The van der Waals surface area contributed by atoms with Crippen LogP contribution in [-0.4, -0.2) is 27.0 Å². The summed E-state index contributed by atoms with van der Waals surface area (Å²) >= 11 is 0. The van der Waals surface area contributed by atoms with Crippen molar-refractivity contribution in [3.8, 4) is 22.9 Å². The van der Waals surface area contributed by atoms with Crippen molar-refractivity contribution in [2.24, 2.45) is 0 Å². The fourth-order valence-corrected chi connectivity index (χ4v) is 3.74. The van der Waals surface area contributed by atoms with Crippen molar-refractivity contribution >= 4 is 0 Å². The van der Waals surface area contributed by atoms with Gasteiger partial charge in [-0.1, -0.05) is 42.5 Å². The molecule has 0 spiro atoms. The van der Waals surface area contributed by atoms with E-state index in [0.29, 0.717) is 24.4 Å². The third kappa shape index (κ3) is 3.78. The van der Waals surface area contributed by atoms with Crippen LogP contribution in [0.15, 0.2) is 64.2 Å². The molecule has 0 saturated carbocycles. The first-order valence-electron chi connectivity index (χ1n) is 9.81. The van der Waals surface area contributed by atoms with Crippen LogP contribution in [0.1, 0.15) is 17.7 Å². The van der Waals surface area contributed by atoms with Gasteiger partial charge in [-0.25, -0.2) is 4.79 Å². The fourth-order valence-electron chi connectivity index (χ4n) is 3.74. The van der Waals surface area contributed by atoms with E-state index in [0.717, 1.165) is 22.1 Å². The first-order valence-corrected chi connectivity index (χ1v) is 9.81. The third-order valence-electron chi connectivity index (χ3n) is 5.24. The van der Waals surface area contributed by atoms with E-state index in [4.69, 9.17) is 4.74 Å². The second-order valence-corrected chi connectivity index (χ2v) is 7.24. The van der Waals surface area contributed by atoms with Crippen molar-refractivity contribution in [1.82, 2.24) is 9.13 Å². The molecule has 0 saturated heterocycles. The molecule has 30 heavy (non-hydrogen) atoms. The summed E-state index contributed by atoms with van der Waals surface area (Å²) in [7, 11) is 0. The van der Waals surface area contributed by atoms with Crippen molar-refractivity contribution < 1.29 is 9.84 Å². The predicted octanol–water partition coefficient (Wildman–Crippen LogP) is 1.93.